The highest BCUT2D eigenvalue weighted by molar-refractivity contribution is 6.09. The Bertz CT molecular complexity index is 1430. The number of alkyl halides is 3. The molecule has 1 N–H and O–H groups in total. The summed E-state index contributed by atoms with van der Waals surface area (Å²) in [7, 11) is 0. The van der Waals surface area contributed by atoms with Gasteiger partial charge < -0.3 is 19.5 Å². The second-order valence-electron chi connectivity index (χ2n) is 7.76. The molecule has 39 heavy (non-hydrogen) atoms. The number of rotatable bonds is 10. The molecule has 202 valence electrons. The van der Waals surface area contributed by atoms with E-state index in [-0.39, 0.29) is 23.7 Å². The maximum absolute atomic E-state index is 13.0. The Hall–Kier alpha value is -5.05. The standard InChI is InChI=1S/C27H22F3N3O6/c1-3-37-21-9-7-20(8-10-21)32-26(34)18(16-31)13-17-5-11-24(25(14-17)38-4-2)39-23-12-6-19(27(28,29)30)15-22(23)33(35)36/h5-15H,3-4H2,1-2H3,(H,32,34)/b18-13+. The Balaban J connectivity index is 1.87. The number of nitrogens with zero attached hydrogens (tertiary/aromatic N) is 2. The lowest BCUT2D eigenvalue weighted by atomic mass is 10.1. The number of hydrogen-bond acceptors (Lipinski definition) is 7. The molecule has 0 unspecified atom stereocenters. The molecule has 0 aliphatic heterocycles. The molecule has 0 saturated heterocycles. The number of carbonyl (C=O) groups excluding carboxylic acids is 1. The monoisotopic (exact) mass is 541 g/mol. The summed E-state index contributed by atoms with van der Waals surface area (Å²) < 4.78 is 55.5. The second kappa shape index (κ2) is 12.5. The first kappa shape index (κ1) is 28.5. The van der Waals surface area contributed by atoms with Crippen molar-refractivity contribution in [1.82, 2.24) is 0 Å². The Morgan fingerprint density at radius 3 is 2.26 bits per heavy atom. The number of nitriles is 1. The molecule has 0 aliphatic rings. The minimum absolute atomic E-state index is 0.0193. The number of benzene rings is 3. The van der Waals surface area contributed by atoms with Crippen molar-refractivity contribution in [3.05, 3.63) is 87.5 Å². The minimum Gasteiger partial charge on any atom is -0.494 e. The summed E-state index contributed by atoms with van der Waals surface area (Å²) >= 11 is 0. The molecule has 3 rings (SSSR count). The van der Waals surface area contributed by atoms with E-state index in [1.165, 1.54) is 24.3 Å². The zero-order valence-corrected chi connectivity index (χ0v) is 20.7. The maximum Gasteiger partial charge on any atom is 0.416 e. The number of halogens is 3. The molecular weight excluding hydrogens is 519 g/mol. The molecule has 0 atom stereocenters. The topological polar surface area (TPSA) is 124 Å². The number of ether oxygens (including phenoxy) is 3. The van der Waals surface area contributed by atoms with Gasteiger partial charge >= 0.3 is 11.9 Å². The summed E-state index contributed by atoms with van der Waals surface area (Å²) in [4.78, 5) is 23.1. The first-order chi connectivity index (χ1) is 18.5. The van der Waals surface area contributed by atoms with Crippen LogP contribution >= 0.6 is 0 Å². The Morgan fingerprint density at radius 1 is 1.00 bits per heavy atom. The first-order valence-corrected chi connectivity index (χ1v) is 11.5. The number of nitro benzene ring substituents is 1. The van der Waals surface area contributed by atoms with E-state index in [1.54, 1.807) is 31.2 Å². The fourth-order valence-corrected chi connectivity index (χ4v) is 3.32. The molecule has 12 heteroatoms. The van der Waals surface area contributed by atoms with Gasteiger partial charge in [0.1, 0.15) is 17.4 Å². The van der Waals surface area contributed by atoms with Gasteiger partial charge in [-0.25, -0.2) is 0 Å². The number of amides is 1. The highest BCUT2D eigenvalue weighted by atomic mass is 19.4. The Labute approximate surface area is 221 Å². The van der Waals surface area contributed by atoms with Crippen LogP contribution in [-0.2, 0) is 11.0 Å². The second-order valence-corrected chi connectivity index (χ2v) is 7.76. The number of nitro groups is 1. The molecule has 0 heterocycles. The van der Waals surface area contributed by atoms with Crippen molar-refractivity contribution in [2.24, 2.45) is 0 Å². The molecule has 0 aromatic heterocycles. The van der Waals surface area contributed by atoms with Gasteiger partial charge in [-0.1, -0.05) is 6.07 Å². The number of hydrogen-bond donors (Lipinski definition) is 1. The van der Waals surface area contributed by atoms with Crippen LogP contribution in [0.25, 0.3) is 6.08 Å². The third-order valence-corrected chi connectivity index (χ3v) is 5.07. The van der Waals surface area contributed by atoms with Gasteiger partial charge in [-0.15, -0.1) is 0 Å². The number of nitrogens with one attached hydrogen (secondary N) is 1. The smallest absolute Gasteiger partial charge is 0.416 e. The van der Waals surface area contributed by atoms with Crippen molar-refractivity contribution < 1.29 is 37.1 Å². The molecule has 0 radical (unpaired) electrons. The summed E-state index contributed by atoms with van der Waals surface area (Å²) in [5, 5.41) is 23.5. The normalized spacial score (nSPS) is 11.3. The SMILES string of the molecule is CCOc1ccc(NC(=O)/C(C#N)=C/c2ccc(Oc3ccc(C(F)(F)F)cc3[N+](=O)[O-])c(OCC)c2)cc1. The highest BCUT2D eigenvalue weighted by Crippen LogP contribution is 2.40. The van der Waals surface area contributed by atoms with Gasteiger partial charge in [-0.2, -0.15) is 18.4 Å². The molecule has 3 aromatic carbocycles. The van der Waals surface area contributed by atoms with Crippen LogP contribution in [0.1, 0.15) is 25.0 Å². The van der Waals surface area contributed by atoms with Gasteiger partial charge in [0.05, 0.1) is 23.7 Å². The fraction of sp³-hybridized carbons (Fsp3) is 0.185. The van der Waals surface area contributed by atoms with E-state index in [1.807, 2.05) is 13.0 Å². The molecule has 0 spiro atoms. The summed E-state index contributed by atoms with van der Waals surface area (Å²) in [6.07, 6.45) is -3.47. The van der Waals surface area contributed by atoms with E-state index in [0.717, 1.165) is 6.07 Å². The van der Waals surface area contributed by atoms with Crippen molar-refractivity contribution in [3.63, 3.8) is 0 Å². The number of carbonyl (C=O) groups is 1. The first-order valence-electron chi connectivity index (χ1n) is 11.5. The van der Waals surface area contributed by atoms with Gasteiger partial charge in [0.25, 0.3) is 5.91 Å². The average molecular weight is 541 g/mol. The molecule has 0 saturated carbocycles. The average Bonchev–Trinajstić information content (AvgIpc) is 2.89. The summed E-state index contributed by atoms with van der Waals surface area (Å²) in [5.74, 6) is -0.400. The zero-order valence-electron chi connectivity index (χ0n) is 20.7. The third kappa shape index (κ3) is 7.48. The summed E-state index contributed by atoms with van der Waals surface area (Å²) in [6.45, 7) is 4.15. The van der Waals surface area contributed by atoms with Crippen molar-refractivity contribution in [2.45, 2.75) is 20.0 Å². The largest absolute Gasteiger partial charge is 0.494 e. The molecule has 0 bridgehead atoms. The quantitative estimate of drug-likeness (QED) is 0.130. The van der Waals surface area contributed by atoms with Crippen LogP contribution in [0, 0.1) is 21.4 Å². The van der Waals surface area contributed by atoms with Crippen molar-refractivity contribution in [2.75, 3.05) is 18.5 Å². The van der Waals surface area contributed by atoms with Crippen molar-refractivity contribution in [1.29, 1.82) is 5.26 Å². The van der Waals surface area contributed by atoms with Gasteiger partial charge in [-0.05, 0) is 74.0 Å². The Kier molecular flexibility index (Phi) is 9.11. The predicted octanol–water partition coefficient (Wildman–Crippen LogP) is 6.75. The van der Waals surface area contributed by atoms with Crippen molar-refractivity contribution >= 4 is 23.4 Å². The van der Waals surface area contributed by atoms with Crippen LogP contribution < -0.4 is 19.5 Å². The van der Waals surface area contributed by atoms with Gasteiger partial charge in [0.2, 0.25) is 5.75 Å². The molecular formula is C27H22F3N3O6. The van der Waals surface area contributed by atoms with Crippen molar-refractivity contribution in [3.8, 4) is 29.1 Å². The van der Waals surface area contributed by atoms with Crippen LogP contribution in [0.4, 0.5) is 24.5 Å². The summed E-state index contributed by atoms with van der Waals surface area (Å²) in [6, 6.07) is 14.6. The lowest BCUT2D eigenvalue weighted by molar-refractivity contribution is -0.385. The van der Waals surface area contributed by atoms with Crippen LogP contribution in [0.5, 0.6) is 23.0 Å². The van der Waals surface area contributed by atoms with E-state index >= 15 is 0 Å². The van der Waals surface area contributed by atoms with Crippen LogP contribution in [0.2, 0.25) is 0 Å². The van der Waals surface area contributed by atoms with E-state index in [2.05, 4.69) is 5.32 Å². The molecule has 1 amide bonds. The predicted molar refractivity (Wildman–Crippen MR) is 136 cm³/mol. The van der Waals surface area contributed by atoms with E-state index in [9.17, 15) is 33.3 Å². The molecule has 3 aromatic rings. The van der Waals surface area contributed by atoms with E-state index in [4.69, 9.17) is 14.2 Å². The van der Waals surface area contributed by atoms with Gasteiger partial charge in [-0.3, -0.25) is 14.9 Å². The lowest BCUT2D eigenvalue weighted by Gasteiger charge is -2.14. The number of anilines is 1. The minimum atomic E-state index is -4.77. The fourth-order valence-electron chi connectivity index (χ4n) is 3.32. The van der Waals surface area contributed by atoms with Crippen LogP contribution in [-0.4, -0.2) is 24.0 Å². The van der Waals surface area contributed by atoms with Gasteiger partial charge in [0.15, 0.2) is 11.5 Å². The third-order valence-electron chi connectivity index (χ3n) is 5.07. The molecule has 9 nitrogen and oxygen atoms in total. The Morgan fingerprint density at radius 2 is 1.67 bits per heavy atom. The van der Waals surface area contributed by atoms with E-state index < -0.39 is 34.0 Å². The lowest BCUT2D eigenvalue weighted by Crippen LogP contribution is -2.13. The maximum atomic E-state index is 13.0. The van der Waals surface area contributed by atoms with Crippen LogP contribution in [0.3, 0.4) is 0 Å². The molecule has 0 fully saturated rings. The van der Waals surface area contributed by atoms with E-state index in [0.29, 0.717) is 35.7 Å². The summed E-state index contributed by atoms with van der Waals surface area (Å²) in [5.41, 5.74) is -1.49. The molecule has 0 aliphatic carbocycles. The highest BCUT2D eigenvalue weighted by Gasteiger charge is 2.33. The van der Waals surface area contributed by atoms with Gasteiger partial charge in [0, 0.05) is 11.8 Å². The van der Waals surface area contributed by atoms with Crippen LogP contribution in [0.15, 0.2) is 66.2 Å². The zero-order chi connectivity index (χ0) is 28.6.